The van der Waals surface area contributed by atoms with Crippen LogP contribution in [0.3, 0.4) is 0 Å². The van der Waals surface area contributed by atoms with Gasteiger partial charge < -0.3 is 5.32 Å². The summed E-state index contributed by atoms with van der Waals surface area (Å²) in [7, 11) is 0. The second-order valence-corrected chi connectivity index (χ2v) is 5.87. The van der Waals surface area contributed by atoms with Crippen LogP contribution in [0, 0.1) is 0 Å². The van der Waals surface area contributed by atoms with Crippen LogP contribution in [0.25, 0.3) is 0 Å². The maximum Gasteiger partial charge on any atom is 0.239 e. The van der Waals surface area contributed by atoms with Crippen LogP contribution in [0.5, 0.6) is 0 Å². The lowest BCUT2D eigenvalue weighted by Crippen LogP contribution is -2.39. The predicted molar refractivity (Wildman–Crippen MR) is 85.8 cm³/mol. The highest BCUT2D eigenvalue weighted by Crippen LogP contribution is 2.18. The molecule has 1 fully saturated rings. The first-order chi connectivity index (χ1) is 11.3. The number of carbonyl (C=O) groups excluding carboxylic acids is 1. The summed E-state index contributed by atoms with van der Waals surface area (Å²) in [5, 5.41) is 11.3. The standard InChI is InChI=1S/C15H23N7O/c1-2-7-22-14(5-6-17-22)19-15(23)10-20-8-3-4-13(20)9-21-12-16-11-18-21/h5-6,11-13H,2-4,7-10H2,1H3,(H,19,23)/t13-/m0/s1. The van der Waals surface area contributed by atoms with Crippen molar-refractivity contribution in [2.24, 2.45) is 0 Å². The van der Waals surface area contributed by atoms with E-state index in [0.29, 0.717) is 12.6 Å². The molecule has 3 heterocycles. The van der Waals surface area contributed by atoms with Gasteiger partial charge in [0.15, 0.2) is 0 Å². The first-order valence-electron chi connectivity index (χ1n) is 8.14. The molecule has 8 heteroatoms. The van der Waals surface area contributed by atoms with Gasteiger partial charge in [0.1, 0.15) is 18.5 Å². The average molecular weight is 317 g/mol. The summed E-state index contributed by atoms with van der Waals surface area (Å²) in [6.07, 6.45) is 8.16. The molecule has 0 bridgehead atoms. The molecule has 0 saturated carbocycles. The summed E-state index contributed by atoms with van der Waals surface area (Å²) < 4.78 is 3.66. The molecule has 1 aliphatic rings. The molecule has 124 valence electrons. The van der Waals surface area contributed by atoms with E-state index < -0.39 is 0 Å². The second-order valence-electron chi connectivity index (χ2n) is 5.87. The molecular formula is C15H23N7O. The van der Waals surface area contributed by atoms with Gasteiger partial charge in [0, 0.05) is 18.7 Å². The van der Waals surface area contributed by atoms with Crippen molar-refractivity contribution in [2.45, 2.75) is 45.3 Å². The number of likely N-dealkylation sites (tertiary alicyclic amines) is 1. The SMILES string of the molecule is CCCn1nccc1NC(=O)CN1CCC[C@H]1Cn1cncn1. The number of hydrogen-bond acceptors (Lipinski definition) is 5. The first kappa shape index (κ1) is 15.7. The van der Waals surface area contributed by atoms with Gasteiger partial charge in [0.05, 0.1) is 19.3 Å². The minimum absolute atomic E-state index is 0.00773. The Morgan fingerprint density at radius 2 is 2.35 bits per heavy atom. The van der Waals surface area contributed by atoms with Crippen LogP contribution >= 0.6 is 0 Å². The molecule has 1 aliphatic heterocycles. The number of rotatable bonds is 7. The van der Waals surface area contributed by atoms with Crippen molar-refractivity contribution in [3.05, 3.63) is 24.9 Å². The van der Waals surface area contributed by atoms with Gasteiger partial charge in [0.25, 0.3) is 0 Å². The molecule has 3 rings (SSSR count). The van der Waals surface area contributed by atoms with Gasteiger partial charge in [-0.2, -0.15) is 10.2 Å². The molecular weight excluding hydrogens is 294 g/mol. The number of nitrogens with one attached hydrogen (secondary N) is 1. The zero-order valence-corrected chi connectivity index (χ0v) is 13.4. The van der Waals surface area contributed by atoms with Crippen LogP contribution in [-0.2, 0) is 17.9 Å². The molecule has 1 amide bonds. The van der Waals surface area contributed by atoms with Crippen LogP contribution in [0.1, 0.15) is 26.2 Å². The highest BCUT2D eigenvalue weighted by Gasteiger charge is 2.27. The van der Waals surface area contributed by atoms with E-state index in [1.807, 2.05) is 15.4 Å². The first-order valence-corrected chi connectivity index (χ1v) is 8.14. The monoisotopic (exact) mass is 317 g/mol. The Bertz CT molecular complexity index is 622. The second kappa shape index (κ2) is 7.36. The minimum Gasteiger partial charge on any atom is -0.310 e. The number of nitrogens with zero attached hydrogens (tertiary/aromatic N) is 6. The summed E-state index contributed by atoms with van der Waals surface area (Å²) in [5.41, 5.74) is 0. The van der Waals surface area contributed by atoms with Gasteiger partial charge in [-0.25, -0.2) is 9.67 Å². The molecule has 0 radical (unpaired) electrons. The average Bonchev–Trinajstić information content (AvgIpc) is 3.25. The number of aryl methyl sites for hydroxylation is 1. The highest BCUT2D eigenvalue weighted by atomic mass is 16.2. The van der Waals surface area contributed by atoms with Gasteiger partial charge in [-0.15, -0.1) is 0 Å². The molecule has 0 aliphatic carbocycles. The molecule has 2 aromatic rings. The lowest BCUT2D eigenvalue weighted by Gasteiger charge is -2.23. The van der Waals surface area contributed by atoms with E-state index in [4.69, 9.17) is 0 Å². The fourth-order valence-electron chi connectivity index (χ4n) is 3.05. The fraction of sp³-hybridized carbons (Fsp3) is 0.600. The van der Waals surface area contributed by atoms with Gasteiger partial charge >= 0.3 is 0 Å². The minimum atomic E-state index is 0.00773. The molecule has 1 atom stereocenters. The van der Waals surface area contributed by atoms with Crippen LogP contribution < -0.4 is 5.32 Å². The zero-order valence-electron chi connectivity index (χ0n) is 13.4. The van der Waals surface area contributed by atoms with Crippen molar-refractivity contribution in [3.8, 4) is 0 Å². The maximum atomic E-state index is 12.3. The van der Waals surface area contributed by atoms with Crippen molar-refractivity contribution < 1.29 is 4.79 Å². The topological polar surface area (TPSA) is 80.9 Å². The molecule has 8 nitrogen and oxygen atoms in total. The third-order valence-corrected chi connectivity index (χ3v) is 4.13. The Hall–Kier alpha value is -2.22. The zero-order chi connectivity index (χ0) is 16.1. The summed E-state index contributed by atoms with van der Waals surface area (Å²) in [5.74, 6) is 0.775. The van der Waals surface area contributed by atoms with Gasteiger partial charge in [-0.05, 0) is 25.8 Å². The maximum absolute atomic E-state index is 12.3. The van der Waals surface area contributed by atoms with Crippen molar-refractivity contribution >= 4 is 11.7 Å². The van der Waals surface area contributed by atoms with E-state index in [2.05, 4.69) is 32.3 Å². The van der Waals surface area contributed by atoms with Crippen LogP contribution in [0.2, 0.25) is 0 Å². The van der Waals surface area contributed by atoms with Crippen LogP contribution in [0.15, 0.2) is 24.9 Å². The quantitative estimate of drug-likeness (QED) is 0.823. The Labute approximate surface area is 135 Å². The number of aromatic nitrogens is 5. The van der Waals surface area contributed by atoms with Crippen molar-refractivity contribution in [1.82, 2.24) is 29.4 Å². The van der Waals surface area contributed by atoms with Gasteiger partial charge in [0.2, 0.25) is 5.91 Å². The van der Waals surface area contributed by atoms with E-state index in [-0.39, 0.29) is 5.91 Å². The molecule has 0 unspecified atom stereocenters. The normalized spacial score (nSPS) is 18.4. The number of hydrogen-bond donors (Lipinski definition) is 1. The predicted octanol–water partition coefficient (Wildman–Crippen LogP) is 0.988. The van der Waals surface area contributed by atoms with Crippen molar-refractivity contribution in [1.29, 1.82) is 0 Å². The Kier molecular flexibility index (Phi) is 5.02. The third-order valence-electron chi connectivity index (χ3n) is 4.13. The summed E-state index contributed by atoms with van der Waals surface area (Å²) >= 11 is 0. The Balaban J connectivity index is 1.55. The molecule has 0 aromatic carbocycles. The Morgan fingerprint density at radius 3 is 3.13 bits per heavy atom. The van der Waals surface area contributed by atoms with E-state index in [9.17, 15) is 4.79 Å². The van der Waals surface area contributed by atoms with E-state index in [1.165, 1.54) is 0 Å². The van der Waals surface area contributed by atoms with Crippen molar-refractivity contribution in [2.75, 3.05) is 18.4 Å². The summed E-state index contributed by atoms with van der Waals surface area (Å²) in [4.78, 5) is 18.5. The van der Waals surface area contributed by atoms with E-state index >= 15 is 0 Å². The number of carbonyl (C=O) groups is 1. The summed E-state index contributed by atoms with van der Waals surface area (Å²) in [6, 6.07) is 2.17. The number of amides is 1. The number of anilines is 1. The third kappa shape index (κ3) is 3.95. The van der Waals surface area contributed by atoms with Crippen molar-refractivity contribution in [3.63, 3.8) is 0 Å². The highest BCUT2D eigenvalue weighted by molar-refractivity contribution is 5.91. The summed E-state index contributed by atoms with van der Waals surface area (Å²) in [6.45, 7) is 5.02. The van der Waals surface area contributed by atoms with Gasteiger partial charge in [-0.1, -0.05) is 6.92 Å². The largest absolute Gasteiger partial charge is 0.310 e. The lowest BCUT2D eigenvalue weighted by molar-refractivity contribution is -0.117. The Morgan fingerprint density at radius 1 is 1.43 bits per heavy atom. The molecule has 23 heavy (non-hydrogen) atoms. The van der Waals surface area contributed by atoms with E-state index in [1.54, 1.807) is 18.9 Å². The van der Waals surface area contributed by atoms with Crippen LogP contribution in [0.4, 0.5) is 5.82 Å². The van der Waals surface area contributed by atoms with E-state index in [0.717, 1.165) is 44.7 Å². The lowest BCUT2D eigenvalue weighted by atomic mass is 10.2. The molecule has 0 spiro atoms. The molecule has 1 saturated heterocycles. The molecule has 2 aromatic heterocycles. The molecule has 1 N–H and O–H groups in total. The van der Waals surface area contributed by atoms with Gasteiger partial charge in [-0.3, -0.25) is 14.4 Å². The van der Waals surface area contributed by atoms with Crippen LogP contribution in [-0.4, -0.2) is 54.5 Å². The smallest absolute Gasteiger partial charge is 0.239 e. The fourth-order valence-corrected chi connectivity index (χ4v) is 3.05.